The quantitative estimate of drug-likeness (QED) is 0.822. The number of rotatable bonds is 5. The zero-order valence-corrected chi connectivity index (χ0v) is 11.8. The Morgan fingerprint density at radius 3 is 2.74 bits per heavy atom. The van der Waals surface area contributed by atoms with Gasteiger partial charge >= 0.3 is 0 Å². The number of amides is 1. The average molecular weight is 265 g/mol. The molecule has 1 amide bonds. The summed E-state index contributed by atoms with van der Waals surface area (Å²) in [4.78, 5) is 16.3. The second-order valence-electron chi connectivity index (χ2n) is 5.09. The molecule has 0 atom stereocenters. The number of anilines is 1. The summed E-state index contributed by atoms with van der Waals surface area (Å²) in [5.41, 5.74) is 7.58. The van der Waals surface area contributed by atoms with Crippen LogP contribution in [0.2, 0.25) is 0 Å². The largest absolute Gasteiger partial charge is 0.395 e. The Morgan fingerprint density at radius 1 is 1.47 bits per heavy atom. The fourth-order valence-electron chi connectivity index (χ4n) is 2.40. The normalized spacial score (nSPS) is 15.9. The van der Waals surface area contributed by atoms with Crippen molar-refractivity contribution in [3.05, 3.63) is 11.4 Å². The molecule has 6 heteroatoms. The number of nitrogens with zero attached hydrogens (tertiary/aromatic N) is 3. The minimum absolute atomic E-state index is 0.104. The average Bonchev–Trinajstić information content (AvgIpc) is 3.04. The molecule has 106 valence electrons. The van der Waals surface area contributed by atoms with Crippen molar-refractivity contribution in [3.63, 3.8) is 0 Å². The van der Waals surface area contributed by atoms with Crippen LogP contribution < -0.4 is 5.73 Å². The molecular weight excluding hydrogens is 242 g/mol. The molecule has 2 heterocycles. The van der Waals surface area contributed by atoms with Crippen LogP contribution in [0, 0.1) is 0 Å². The van der Waals surface area contributed by atoms with Gasteiger partial charge < -0.3 is 15.5 Å². The van der Waals surface area contributed by atoms with Crippen molar-refractivity contribution in [2.75, 3.05) is 39.0 Å². The summed E-state index contributed by atoms with van der Waals surface area (Å²) in [6, 6.07) is 0. The summed E-state index contributed by atoms with van der Waals surface area (Å²) in [6.45, 7) is 5.91. The predicted octanol–water partition coefficient (Wildman–Crippen LogP) is 0.722. The van der Waals surface area contributed by atoms with Crippen molar-refractivity contribution in [2.24, 2.45) is 0 Å². The standard InChI is InChI=1S/C13H23N5O/c1-3-10-11(14)12(16-15-10)13(19)17(2)8-9-18-6-4-5-7-18/h3-9,14H2,1-2H3,(H,15,16). The van der Waals surface area contributed by atoms with Gasteiger partial charge in [0.2, 0.25) is 0 Å². The number of hydrogen-bond acceptors (Lipinski definition) is 4. The van der Waals surface area contributed by atoms with E-state index in [1.54, 1.807) is 11.9 Å². The highest BCUT2D eigenvalue weighted by molar-refractivity contribution is 5.97. The Balaban J connectivity index is 1.92. The van der Waals surface area contributed by atoms with E-state index in [0.717, 1.165) is 31.7 Å². The van der Waals surface area contributed by atoms with E-state index in [-0.39, 0.29) is 5.91 Å². The third-order valence-corrected chi connectivity index (χ3v) is 3.74. The number of aryl methyl sites for hydroxylation is 1. The van der Waals surface area contributed by atoms with Gasteiger partial charge in [0.1, 0.15) is 0 Å². The van der Waals surface area contributed by atoms with E-state index in [1.807, 2.05) is 6.92 Å². The van der Waals surface area contributed by atoms with E-state index >= 15 is 0 Å². The maximum Gasteiger partial charge on any atom is 0.276 e. The molecule has 2 rings (SSSR count). The molecule has 3 N–H and O–H groups in total. The van der Waals surface area contributed by atoms with Crippen LogP contribution in [0.4, 0.5) is 5.69 Å². The van der Waals surface area contributed by atoms with Crippen molar-refractivity contribution in [3.8, 4) is 0 Å². The molecule has 1 aliphatic heterocycles. The van der Waals surface area contributed by atoms with Crippen LogP contribution in [-0.4, -0.2) is 59.1 Å². The van der Waals surface area contributed by atoms with Gasteiger partial charge in [0.15, 0.2) is 5.69 Å². The van der Waals surface area contributed by atoms with E-state index in [0.29, 0.717) is 17.9 Å². The van der Waals surface area contributed by atoms with Gasteiger partial charge in [0.05, 0.1) is 11.4 Å². The number of nitrogens with two attached hydrogens (primary N) is 1. The van der Waals surface area contributed by atoms with Crippen LogP contribution in [0.1, 0.15) is 35.9 Å². The van der Waals surface area contributed by atoms with Crippen LogP contribution in [0.15, 0.2) is 0 Å². The van der Waals surface area contributed by atoms with Crippen LogP contribution in [0.3, 0.4) is 0 Å². The van der Waals surface area contributed by atoms with E-state index in [1.165, 1.54) is 12.8 Å². The van der Waals surface area contributed by atoms with Gasteiger partial charge in [-0.3, -0.25) is 9.89 Å². The minimum atomic E-state index is -0.104. The van der Waals surface area contributed by atoms with E-state index in [4.69, 9.17) is 5.73 Å². The van der Waals surface area contributed by atoms with Gasteiger partial charge in [-0.1, -0.05) is 6.92 Å². The molecule has 0 bridgehead atoms. The lowest BCUT2D eigenvalue weighted by molar-refractivity contribution is 0.0777. The van der Waals surface area contributed by atoms with Crippen molar-refractivity contribution in [1.82, 2.24) is 20.0 Å². The SMILES string of the molecule is CCc1[nH]nc(C(=O)N(C)CCN2CCCC2)c1N. The van der Waals surface area contributed by atoms with Gasteiger partial charge in [-0.2, -0.15) is 5.10 Å². The van der Waals surface area contributed by atoms with Crippen LogP contribution >= 0.6 is 0 Å². The van der Waals surface area contributed by atoms with Crippen molar-refractivity contribution in [1.29, 1.82) is 0 Å². The summed E-state index contributed by atoms with van der Waals surface area (Å²) in [7, 11) is 1.80. The molecule has 0 unspecified atom stereocenters. The first-order valence-electron chi connectivity index (χ1n) is 6.94. The number of carbonyl (C=O) groups is 1. The zero-order chi connectivity index (χ0) is 13.8. The molecule has 0 aromatic carbocycles. The molecule has 0 spiro atoms. The molecule has 0 saturated carbocycles. The van der Waals surface area contributed by atoms with Crippen LogP contribution in [-0.2, 0) is 6.42 Å². The molecule has 0 radical (unpaired) electrons. The Hall–Kier alpha value is -1.56. The van der Waals surface area contributed by atoms with Crippen molar-refractivity contribution < 1.29 is 4.79 Å². The first-order valence-corrected chi connectivity index (χ1v) is 6.94. The van der Waals surface area contributed by atoms with Gasteiger partial charge in [0.25, 0.3) is 5.91 Å². The lowest BCUT2D eigenvalue weighted by atomic mass is 10.2. The highest BCUT2D eigenvalue weighted by Crippen LogP contribution is 2.16. The number of nitrogen functional groups attached to an aromatic ring is 1. The fraction of sp³-hybridized carbons (Fsp3) is 0.692. The van der Waals surface area contributed by atoms with Crippen LogP contribution in [0.25, 0.3) is 0 Å². The third-order valence-electron chi connectivity index (χ3n) is 3.74. The number of likely N-dealkylation sites (N-methyl/N-ethyl adjacent to an activating group) is 1. The van der Waals surface area contributed by atoms with Gasteiger partial charge in [-0.15, -0.1) is 0 Å². The van der Waals surface area contributed by atoms with E-state index < -0.39 is 0 Å². The highest BCUT2D eigenvalue weighted by Gasteiger charge is 2.21. The highest BCUT2D eigenvalue weighted by atomic mass is 16.2. The molecule has 6 nitrogen and oxygen atoms in total. The summed E-state index contributed by atoms with van der Waals surface area (Å²) in [5.74, 6) is -0.104. The minimum Gasteiger partial charge on any atom is -0.395 e. The van der Waals surface area contributed by atoms with Crippen molar-refractivity contribution in [2.45, 2.75) is 26.2 Å². The number of nitrogens with one attached hydrogen (secondary N) is 1. The fourth-order valence-corrected chi connectivity index (χ4v) is 2.40. The third kappa shape index (κ3) is 3.07. The van der Waals surface area contributed by atoms with Crippen molar-refractivity contribution >= 4 is 11.6 Å². The van der Waals surface area contributed by atoms with E-state index in [9.17, 15) is 4.79 Å². The van der Waals surface area contributed by atoms with Gasteiger partial charge in [0, 0.05) is 20.1 Å². The Kier molecular flexibility index (Phi) is 4.42. The molecule has 1 saturated heterocycles. The topological polar surface area (TPSA) is 78.2 Å². The van der Waals surface area contributed by atoms with Crippen LogP contribution in [0.5, 0.6) is 0 Å². The molecule has 19 heavy (non-hydrogen) atoms. The Bertz CT molecular complexity index is 436. The lowest BCUT2D eigenvalue weighted by Crippen LogP contribution is -2.35. The lowest BCUT2D eigenvalue weighted by Gasteiger charge is -2.21. The maximum absolute atomic E-state index is 12.2. The number of aromatic amines is 1. The number of H-pyrrole nitrogens is 1. The second kappa shape index (κ2) is 6.06. The summed E-state index contributed by atoms with van der Waals surface area (Å²) in [6.07, 6.45) is 3.29. The molecular formula is C13H23N5O. The number of hydrogen-bond donors (Lipinski definition) is 2. The maximum atomic E-state index is 12.2. The monoisotopic (exact) mass is 265 g/mol. The number of carbonyl (C=O) groups excluding carboxylic acids is 1. The smallest absolute Gasteiger partial charge is 0.276 e. The summed E-state index contributed by atoms with van der Waals surface area (Å²) in [5, 5.41) is 6.86. The van der Waals surface area contributed by atoms with E-state index in [2.05, 4.69) is 15.1 Å². The zero-order valence-electron chi connectivity index (χ0n) is 11.8. The van der Waals surface area contributed by atoms with Gasteiger partial charge in [-0.05, 0) is 32.4 Å². The predicted molar refractivity (Wildman–Crippen MR) is 75.0 cm³/mol. The molecule has 0 aliphatic carbocycles. The molecule has 1 aliphatic rings. The Labute approximate surface area is 113 Å². The molecule has 1 fully saturated rings. The summed E-state index contributed by atoms with van der Waals surface area (Å²) < 4.78 is 0. The first kappa shape index (κ1) is 13.9. The summed E-state index contributed by atoms with van der Waals surface area (Å²) >= 11 is 0. The second-order valence-corrected chi connectivity index (χ2v) is 5.09. The van der Waals surface area contributed by atoms with Gasteiger partial charge in [-0.25, -0.2) is 0 Å². The molecule has 1 aromatic rings. The Morgan fingerprint density at radius 2 is 2.16 bits per heavy atom. The number of likely N-dealkylation sites (tertiary alicyclic amines) is 1. The first-order chi connectivity index (χ1) is 9.13. The number of aromatic nitrogens is 2. The molecule has 1 aromatic heterocycles.